The molecule has 1 aromatic rings. The lowest BCUT2D eigenvalue weighted by Gasteiger charge is -2.11. The summed E-state index contributed by atoms with van der Waals surface area (Å²) in [4.78, 5) is 13.7. The second-order valence-corrected chi connectivity index (χ2v) is 5.17. The molecule has 0 N–H and O–H groups in total. The Hall–Kier alpha value is -1.55. The van der Waals surface area contributed by atoms with E-state index in [1.54, 1.807) is 24.3 Å². The Labute approximate surface area is 115 Å². The summed E-state index contributed by atoms with van der Waals surface area (Å²) >= 11 is 0. The summed E-state index contributed by atoms with van der Waals surface area (Å²) in [6, 6.07) is 7.05. The number of nitrogens with zero attached hydrogens (tertiary/aromatic N) is 1. The van der Waals surface area contributed by atoms with Gasteiger partial charge in [-0.05, 0) is 44.3 Å². The van der Waals surface area contributed by atoms with Crippen molar-refractivity contribution in [3.63, 3.8) is 0 Å². The largest absolute Gasteiger partial charge is 0.493 e. The van der Waals surface area contributed by atoms with Crippen molar-refractivity contribution < 1.29 is 14.3 Å². The number of hydrogen-bond donors (Lipinski definition) is 0. The maximum atomic E-state index is 11.7. The first kappa shape index (κ1) is 15.5. The van der Waals surface area contributed by atoms with Gasteiger partial charge in [-0.25, -0.2) is 4.79 Å². The number of likely N-dealkylation sites (N-methyl/N-ethyl adjacent to an activating group) is 1. The first-order valence-corrected chi connectivity index (χ1v) is 6.53. The molecule has 0 saturated carbocycles. The van der Waals surface area contributed by atoms with Crippen molar-refractivity contribution in [3.8, 4) is 5.75 Å². The summed E-state index contributed by atoms with van der Waals surface area (Å²) in [5.41, 5.74) is 0.552. The van der Waals surface area contributed by atoms with Crippen LogP contribution in [0.2, 0.25) is 0 Å². The standard InChI is InChI=1S/C15H23NO3/c1-12(2)11-19-14-7-5-13(6-8-14)15(17)18-10-9-16(3)4/h5-8,12H,9-11H2,1-4H3. The molecule has 19 heavy (non-hydrogen) atoms. The van der Waals surface area contributed by atoms with E-state index < -0.39 is 0 Å². The number of ether oxygens (including phenoxy) is 2. The molecule has 0 radical (unpaired) electrons. The number of benzene rings is 1. The van der Waals surface area contributed by atoms with Crippen LogP contribution in [0.4, 0.5) is 0 Å². The molecule has 1 aromatic carbocycles. The van der Waals surface area contributed by atoms with Gasteiger partial charge in [0.05, 0.1) is 12.2 Å². The zero-order valence-electron chi connectivity index (χ0n) is 12.2. The highest BCUT2D eigenvalue weighted by atomic mass is 16.5. The van der Waals surface area contributed by atoms with Crippen molar-refractivity contribution >= 4 is 5.97 Å². The van der Waals surface area contributed by atoms with Crippen LogP contribution in [0.15, 0.2) is 24.3 Å². The molecule has 0 saturated heterocycles. The summed E-state index contributed by atoms with van der Waals surface area (Å²) in [6.45, 7) is 5.98. The third-order valence-corrected chi connectivity index (χ3v) is 2.45. The molecular weight excluding hydrogens is 242 g/mol. The molecule has 1 rings (SSSR count). The van der Waals surface area contributed by atoms with Crippen LogP contribution >= 0.6 is 0 Å². The lowest BCUT2D eigenvalue weighted by molar-refractivity contribution is 0.0482. The van der Waals surface area contributed by atoms with E-state index in [4.69, 9.17) is 9.47 Å². The van der Waals surface area contributed by atoms with Gasteiger partial charge in [-0.1, -0.05) is 13.8 Å². The van der Waals surface area contributed by atoms with Gasteiger partial charge in [0.1, 0.15) is 12.4 Å². The Kier molecular flexibility index (Phi) is 6.36. The molecule has 0 aromatic heterocycles. The van der Waals surface area contributed by atoms with Gasteiger partial charge in [-0.3, -0.25) is 0 Å². The Morgan fingerprint density at radius 1 is 1.21 bits per heavy atom. The molecule has 0 amide bonds. The summed E-state index contributed by atoms with van der Waals surface area (Å²) in [5, 5.41) is 0. The van der Waals surface area contributed by atoms with Gasteiger partial charge < -0.3 is 14.4 Å². The quantitative estimate of drug-likeness (QED) is 0.710. The summed E-state index contributed by atoms with van der Waals surface area (Å²) in [5.74, 6) is 0.964. The molecule has 0 aliphatic carbocycles. The first-order valence-electron chi connectivity index (χ1n) is 6.53. The highest BCUT2D eigenvalue weighted by Crippen LogP contribution is 2.13. The van der Waals surface area contributed by atoms with Gasteiger partial charge in [0.25, 0.3) is 0 Å². The summed E-state index contributed by atoms with van der Waals surface area (Å²) < 4.78 is 10.7. The third-order valence-electron chi connectivity index (χ3n) is 2.45. The van der Waals surface area contributed by atoms with Gasteiger partial charge in [0.15, 0.2) is 0 Å². The second-order valence-electron chi connectivity index (χ2n) is 5.17. The van der Waals surface area contributed by atoms with Crippen molar-refractivity contribution in [2.24, 2.45) is 5.92 Å². The minimum Gasteiger partial charge on any atom is -0.493 e. The number of esters is 1. The van der Waals surface area contributed by atoms with Crippen LogP contribution < -0.4 is 4.74 Å². The molecule has 0 atom stereocenters. The van der Waals surface area contributed by atoms with E-state index in [1.807, 2.05) is 19.0 Å². The van der Waals surface area contributed by atoms with Crippen molar-refractivity contribution in [1.29, 1.82) is 0 Å². The predicted molar refractivity (Wildman–Crippen MR) is 75.6 cm³/mol. The number of carbonyl (C=O) groups excluding carboxylic acids is 1. The molecule has 106 valence electrons. The maximum absolute atomic E-state index is 11.7. The molecule has 0 aliphatic rings. The van der Waals surface area contributed by atoms with E-state index in [2.05, 4.69) is 13.8 Å². The number of rotatable bonds is 7. The fourth-order valence-electron chi connectivity index (χ4n) is 1.35. The van der Waals surface area contributed by atoms with E-state index in [0.29, 0.717) is 24.7 Å². The van der Waals surface area contributed by atoms with Crippen LogP contribution in [0.25, 0.3) is 0 Å². The predicted octanol–water partition coefficient (Wildman–Crippen LogP) is 2.44. The molecule has 0 spiro atoms. The molecule has 0 unspecified atom stereocenters. The van der Waals surface area contributed by atoms with E-state index in [-0.39, 0.29) is 5.97 Å². The zero-order valence-corrected chi connectivity index (χ0v) is 12.2. The van der Waals surface area contributed by atoms with Gasteiger partial charge in [-0.2, -0.15) is 0 Å². The van der Waals surface area contributed by atoms with E-state index >= 15 is 0 Å². The molecule has 0 bridgehead atoms. The van der Waals surface area contributed by atoms with Crippen molar-refractivity contribution in [3.05, 3.63) is 29.8 Å². The van der Waals surface area contributed by atoms with Crippen LogP contribution in [-0.4, -0.2) is 44.7 Å². The van der Waals surface area contributed by atoms with E-state index in [0.717, 1.165) is 12.3 Å². The lowest BCUT2D eigenvalue weighted by Crippen LogP contribution is -2.20. The second kappa shape index (κ2) is 7.79. The Morgan fingerprint density at radius 2 is 1.84 bits per heavy atom. The molecule has 4 nitrogen and oxygen atoms in total. The number of hydrogen-bond acceptors (Lipinski definition) is 4. The van der Waals surface area contributed by atoms with Crippen LogP contribution in [0.1, 0.15) is 24.2 Å². The third kappa shape index (κ3) is 6.25. The Morgan fingerprint density at radius 3 is 2.37 bits per heavy atom. The van der Waals surface area contributed by atoms with Gasteiger partial charge in [-0.15, -0.1) is 0 Å². The molecular formula is C15H23NO3. The summed E-state index contributed by atoms with van der Waals surface area (Å²) in [7, 11) is 3.88. The van der Waals surface area contributed by atoms with Crippen LogP contribution in [-0.2, 0) is 4.74 Å². The van der Waals surface area contributed by atoms with E-state index in [9.17, 15) is 4.79 Å². The Balaban J connectivity index is 2.44. The molecule has 0 aliphatic heterocycles. The zero-order chi connectivity index (χ0) is 14.3. The smallest absolute Gasteiger partial charge is 0.338 e. The van der Waals surface area contributed by atoms with Crippen molar-refractivity contribution in [1.82, 2.24) is 4.90 Å². The van der Waals surface area contributed by atoms with Crippen molar-refractivity contribution in [2.75, 3.05) is 33.9 Å². The maximum Gasteiger partial charge on any atom is 0.338 e. The number of carbonyl (C=O) groups is 1. The van der Waals surface area contributed by atoms with Crippen LogP contribution in [0.5, 0.6) is 5.75 Å². The highest BCUT2D eigenvalue weighted by Gasteiger charge is 2.07. The van der Waals surface area contributed by atoms with Crippen molar-refractivity contribution in [2.45, 2.75) is 13.8 Å². The van der Waals surface area contributed by atoms with Crippen LogP contribution in [0.3, 0.4) is 0 Å². The minimum atomic E-state index is -0.294. The fraction of sp³-hybridized carbons (Fsp3) is 0.533. The molecule has 4 heteroatoms. The van der Waals surface area contributed by atoms with Gasteiger partial charge in [0.2, 0.25) is 0 Å². The van der Waals surface area contributed by atoms with E-state index in [1.165, 1.54) is 0 Å². The topological polar surface area (TPSA) is 38.8 Å². The molecule has 0 heterocycles. The molecule has 0 fully saturated rings. The lowest BCUT2D eigenvalue weighted by atomic mass is 10.2. The first-order chi connectivity index (χ1) is 8.99. The summed E-state index contributed by atoms with van der Waals surface area (Å²) in [6.07, 6.45) is 0. The minimum absolute atomic E-state index is 0.294. The van der Waals surface area contributed by atoms with Gasteiger partial charge in [0, 0.05) is 6.54 Å². The highest BCUT2D eigenvalue weighted by molar-refractivity contribution is 5.89. The average molecular weight is 265 g/mol. The monoisotopic (exact) mass is 265 g/mol. The Bertz CT molecular complexity index is 385. The fourth-order valence-corrected chi connectivity index (χ4v) is 1.35. The SMILES string of the molecule is CC(C)COc1ccc(C(=O)OCCN(C)C)cc1. The van der Waals surface area contributed by atoms with Gasteiger partial charge >= 0.3 is 5.97 Å². The normalized spacial score (nSPS) is 10.8. The van der Waals surface area contributed by atoms with Crippen LogP contribution in [0, 0.1) is 5.92 Å². The average Bonchev–Trinajstić information content (AvgIpc) is 2.36.